The number of benzene rings is 1. The molecule has 1 amide bonds. The molecule has 3 rings (SSSR count). The average molecular weight is 482 g/mol. The standard InChI is InChI=1S/C18H23N6O2.HI/c1-5-24-15-8-13(26-4)6-7-14(15)22(3)16(24)10-23(11-25)18-17(19)20-9-12(2)21-18;/h6-9,11H,5,10H2,1-4H3,(H2,19,20);1H/q+1;/p-1. The fourth-order valence-electron chi connectivity index (χ4n) is 3.13. The number of nitrogens with zero attached hydrogens (tertiary/aromatic N) is 5. The molecule has 0 saturated carbocycles. The first-order chi connectivity index (χ1) is 12.5. The quantitative estimate of drug-likeness (QED) is 0.258. The molecule has 0 spiro atoms. The Labute approximate surface area is 175 Å². The summed E-state index contributed by atoms with van der Waals surface area (Å²) in [6.45, 7) is 4.96. The van der Waals surface area contributed by atoms with E-state index in [2.05, 4.69) is 26.0 Å². The number of amides is 1. The Morgan fingerprint density at radius 2 is 2.15 bits per heavy atom. The molecule has 0 fully saturated rings. The summed E-state index contributed by atoms with van der Waals surface area (Å²) in [5.74, 6) is 2.33. The highest BCUT2D eigenvalue weighted by molar-refractivity contribution is 5.79. The second-order valence-electron chi connectivity index (χ2n) is 6.03. The van der Waals surface area contributed by atoms with Crippen molar-refractivity contribution in [2.75, 3.05) is 17.7 Å². The van der Waals surface area contributed by atoms with Gasteiger partial charge in [0, 0.05) is 6.07 Å². The highest BCUT2D eigenvalue weighted by Gasteiger charge is 2.26. The summed E-state index contributed by atoms with van der Waals surface area (Å²) < 4.78 is 9.56. The third kappa shape index (κ3) is 3.82. The third-order valence-electron chi connectivity index (χ3n) is 4.46. The lowest BCUT2D eigenvalue weighted by Crippen LogP contribution is -3.00. The van der Waals surface area contributed by atoms with Gasteiger partial charge in [0.05, 0.1) is 32.6 Å². The number of hydrogen-bond acceptors (Lipinski definition) is 5. The van der Waals surface area contributed by atoms with Crippen LogP contribution in [0.4, 0.5) is 11.6 Å². The normalized spacial score (nSPS) is 10.5. The Morgan fingerprint density at radius 1 is 1.41 bits per heavy atom. The van der Waals surface area contributed by atoms with Gasteiger partial charge in [0.1, 0.15) is 12.3 Å². The van der Waals surface area contributed by atoms with E-state index in [-0.39, 0.29) is 29.8 Å². The predicted octanol–water partition coefficient (Wildman–Crippen LogP) is -1.66. The number of fused-ring (bicyclic) bond motifs is 1. The number of carbonyl (C=O) groups is 1. The predicted molar refractivity (Wildman–Crippen MR) is 98.8 cm³/mol. The highest BCUT2D eigenvalue weighted by atomic mass is 127. The highest BCUT2D eigenvalue weighted by Crippen LogP contribution is 2.23. The van der Waals surface area contributed by atoms with Gasteiger partial charge in [0.15, 0.2) is 22.7 Å². The Hall–Kier alpha value is -2.43. The Bertz CT molecular complexity index is 972. The molecule has 0 aliphatic rings. The van der Waals surface area contributed by atoms with E-state index in [0.29, 0.717) is 18.1 Å². The molecule has 3 aromatic rings. The number of anilines is 2. The summed E-state index contributed by atoms with van der Waals surface area (Å²) in [5.41, 5.74) is 8.73. The zero-order valence-electron chi connectivity index (χ0n) is 15.8. The maximum atomic E-state index is 11.8. The van der Waals surface area contributed by atoms with Crippen LogP contribution in [0.5, 0.6) is 5.75 Å². The van der Waals surface area contributed by atoms with E-state index in [1.54, 1.807) is 13.3 Å². The molecule has 2 aromatic heterocycles. The van der Waals surface area contributed by atoms with Gasteiger partial charge < -0.3 is 34.4 Å². The summed E-state index contributed by atoms with van der Waals surface area (Å²) in [6, 6.07) is 5.93. The van der Waals surface area contributed by atoms with E-state index in [1.165, 1.54) is 4.90 Å². The molecule has 0 aliphatic carbocycles. The van der Waals surface area contributed by atoms with Gasteiger partial charge in [-0.15, -0.1) is 0 Å². The summed E-state index contributed by atoms with van der Waals surface area (Å²) >= 11 is 0. The van der Waals surface area contributed by atoms with Gasteiger partial charge in [0.25, 0.3) is 5.82 Å². The van der Waals surface area contributed by atoms with E-state index in [0.717, 1.165) is 35.6 Å². The van der Waals surface area contributed by atoms with Crippen molar-refractivity contribution in [3.63, 3.8) is 0 Å². The average Bonchev–Trinajstić information content (AvgIpc) is 2.92. The molecule has 0 radical (unpaired) electrons. The molecule has 144 valence electrons. The maximum Gasteiger partial charge on any atom is 0.277 e. The molecular weight excluding hydrogens is 459 g/mol. The number of nitrogen functional groups attached to an aromatic ring is 1. The van der Waals surface area contributed by atoms with Crippen LogP contribution in [0.1, 0.15) is 18.4 Å². The van der Waals surface area contributed by atoms with Gasteiger partial charge in [-0.05, 0) is 26.0 Å². The molecular formula is C18H23IN6O2. The molecule has 0 unspecified atom stereocenters. The second kappa shape index (κ2) is 8.51. The van der Waals surface area contributed by atoms with Crippen molar-refractivity contribution in [2.45, 2.75) is 26.9 Å². The zero-order chi connectivity index (χ0) is 18.8. The molecule has 9 heteroatoms. The number of methoxy groups -OCH3 is 1. The Morgan fingerprint density at radius 3 is 2.78 bits per heavy atom. The fraction of sp³-hybridized carbons (Fsp3) is 0.333. The maximum absolute atomic E-state index is 11.8. The number of carbonyl (C=O) groups excluding carboxylic acids is 1. The first-order valence-electron chi connectivity index (χ1n) is 8.36. The molecule has 0 atom stereocenters. The molecule has 2 heterocycles. The minimum absolute atomic E-state index is 0. The van der Waals surface area contributed by atoms with Gasteiger partial charge in [-0.1, -0.05) is 0 Å². The minimum Gasteiger partial charge on any atom is -1.00 e. The number of ether oxygens (including phenoxy) is 1. The SMILES string of the molecule is CCn1c(CN(C=O)c2nc(C)cnc2N)[n+](C)c2ccc(OC)cc21.[I-]. The van der Waals surface area contributed by atoms with Gasteiger partial charge in [-0.2, -0.15) is 0 Å². The largest absolute Gasteiger partial charge is 1.00 e. The molecule has 0 bridgehead atoms. The van der Waals surface area contributed by atoms with Crippen LogP contribution in [0.3, 0.4) is 0 Å². The summed E-state index contributed by atoms with van der Waals surface area (Å²) in [6.07, 6.45) is 2.31. The molecule has 0 saturated heterocycles. The Balaban J connectivity index is 0.00000261. The van der Waals surface area contributed by atoms with Crippen LogP contribution >= 0.6 is 0 Å². The van der Waals surface area contributed by atoms with Crippen molar-refractivity contribution in [3.8, 4) is 5.75 Å². The van der Waals surface area contributed by atoms with Crippen LogP contribution in [0.2, 0.25) is 0 Å². The molecule has 2 N–H and O–H groups in total. The number of hydrogen-bond donors (Lipinski definition) is 1. The number of halogens is 1. The van der Waals surface area contributed by atoms with E-state index in [4.69, 9.17) is 10.5 Å². The smallest absolute Gasteiger partial charge is 0.277 e. The van der Waals surface area contributed by atoms with Crippen molar-refractivity contribution in [1.29, 1.82) is 0 Å². The summed E-state index contributed by atoms with van der Waals surface area (Å²) in [4.78, 5) is 21.7. The number of rotatable bonds is 6. The lowest BCUT2D eigenvalue weighted by molar-refractivity contribution is -0.653. The minimum atomic E-state index is 0. The molecule has 27 heavy (non-hydrogen) atoms. The topological polar surface area (TPSA) is 90.2 Å². The lowest BCUT2D eigenvalue weighted by atomic mass is 10.3. The van der Waals surface area contributed by atoms with E-state index in [9.17, 15) is 4.79 Å². The summed E-state index contributed by atoms with van der Waals surface area (Å²) in [7, 11) is 3.62. The van der Waals surface area contributed by atoms with Crippen molar-refractivity contribution in [3.05, 3.63) is 35.9 Å². The lowest BCUT2D eigenvalue weighted by Gasteiger charge is -2.16. The number of aryl methyl sites for hydroxylation is 3. The van der Waals surface area contributed by atoms with Crippen molar-refractivity contribution in [2.24, 2.45) is 7.05 Å². The van der Waals surface area contributed by atoms with Gasteiger partial charge in [-0.3, -0.25) is 9.69 Å². The van der Waals surface area contributed by atoms with E-state index in [1.807, 2.05) is 32.2 Å². The number of nitrogens with two attached hydrogens (primary N) is 1. The van der Waals surface area contributed by atoms with Crippen LogP contribution in [0.15, 0.2) is 24.4 Å². The van der Waals surface area contributed by atoms with Crippen LogP contribution < -0.4 is 43.9 Å². The summed E-state index contributed by atoms with van der Waals surface area (Å²) in [5, 5.41) is 0. The van der Waals surface area contributed by atoms with Crippen molar-refractivity contribution >= 4 is 29.1 Å². The molecule has 8 nitrogen and oxygen atoms in total. The first kappa shape index (κ1) is 20.9. The van der Waals surface area contributed by atoms with Crippen LogP contribution in [0, 0.1) is 6.92 Å². The van der Waals surface area contributed by atoms with Gasteiger partial charge >= 0.3 is 0 Å². The van der Waals surface area contributed by atoms with Crippen LogP contribution in [0.25, 0.3) is 11.0 Å². The van der Waals surface area contributed by atoms with E-state index >= 15 is 0 Å². The van der Waals surface area contributed by atoms with Gasteiger partial charge in [0.2, 0.25) is 6.41 Å². The molecule has 1 aromatic carbocycles. The van der Waals surface area contributed by atoms with Gasteiger partial charge in [-0.25, -0.2) is 19.1 Å². The van der Waals surface area contributed by atoms with Crippen molar-refractivity contribution < 1.29 is 38.1 Å². The monoisotopic (exact) mass is 482 g/mol. The second-order valence-corrected chi connectivity index (χ2v) is 6.03. The van der Waals surface area contributed by atoms with E-state index < -0.39 is 0 Å². The number of aromatic nitrogens is 4. The third-order valence-corrected chi connectivity index (χ3v) is 4.46. The molecule has 0 aliphatic heterocycles. The zero-order valence-corrected chi connectivity index (χ0v) is 18.0. The first-order valence-corrected chi connectivity index (χ1v) is 8.36. The van der Waals surface area contributed by atoms with Crippen LogP contribution in [-0.4, -0.2) is 28.1 Å². The number of imidazole rings is 1. The Kier molecular flexibility index (Phi) is 6.58. The van der Waals surface area contributed by atoms with Crippen LogP contribution in [-0.2, 0) is 24.9 Å². The fourth-order valence-corrected chi connectivity index (χ4v) is 3.13. The van der Waals surface area contributed by atoms with Crippen molar-refractivity contribution in [1.82, 2.24) is 14.5 Å².